The van der Waals surface area contributed by atoms with Crippen molar-refractivity contribution in [1.29, 1.82) is 0 Å². The second kappa shape index (κ2) is 5.54. The molecule has 1 aromatic carbocycles. The molecular formula is C18H23N5O2. The van der Waals surface area contributed by atoms with Crippen molar-refractivity contribution in [3.05, 3.63) is 41.2 Å². The van der Waals surface area contributed by atoms with E-state index in [1.807, 2.05) is 20.8 Å². The molecule has 0 unspecified atom stereocenters. The highest BCUT2D eigenvalue weighted by molar-refractivity contribution is 5.69. The first-order valence-corrected chi connectivity index (χ1v) is 8.70. The fourth-order valence-corrected chi connectivity index (χ4v) is 3.37. The van der Waals surface area contributed by atoms with E-state index in [1.54, 1.807) is 4.90 Å². The Balaban J connectivity index is 1.39. The Hall–Kier alpha value is -2.44. The third-order valence-electron chi connectivity index (χ3n) is 4.99. The molecule has 1 aliphatic carbocycles. The molecule has 1 N–H and O–H groups in total. The van der Waals surface area contributed by atoms with E-state index in [0.29, 0.717) is 19.0 Å². The molecule has 132 valence electrons. The normalized spacial score (nSPS) is 19.4. The number of benzene rings is 1. The van der Waals surface area contributed by atoms with Gasteiger partial charge in [0.15, 0.2) is 5.82 Å². The van der Waals surface area contributed by atoms with E-state index >= 15 is 0 Å². The number of aromatic nitrogens is 4. The van der Waals surface area contributed by atoms with Crippen molar-refractivity contribution in [3.63, 3.8) is 0 Å². The zero-order valence-electron chi connectivity index (χ0n) is 14.8. The molecular weight excluding hydrogens is 318 g/mol. The van der Waals surface area contributed by atoms with E-state index in [0.717, 1.165) is 18.7 Å². The number of likely N-dealkylation sites (tertiary alicyclic amines) is 1. The Kier molecular flexibility index (Phi) is 3.56. The maximum Gasteiger partial charge on any atom is 0.410 e. The highest BCUT2D eigenvalue weighted by Gasteiger charge is 2.49. The highest BCUT2D eigenvalue weighted by Crippen LogP contribution is 2.52. The molecule has 25 heavy (non-hydrogen) atoms. The molecule has 2 aromatic rings. The Morgan fingerprint density at radius 1 is 1.24 bits per heavy atom. The fraction of sp³-hybridized carbons (Fsp3) is 0.556. The summed E-state index contributed by atoms with van der Waals surface area (Å²) >= 11 is 0. The van der Waals surface area contributed by atoms with Crippen LogP contribution in [0.15, 0.2) is 24.3 Å². The van der Waals surface area contributed by atoms with Gasteiger partial charge in [0.05, 0.1) is 5.41 Å². The number of ether oxygens (including phenoxy) is 1. The summed E-state index contributed by atoms with van der Waals surface area (Å²) in [5.41, 5.74) is 1.99. The molecule has 4 rings (SSSR count). The lowest BCUT2D eigenvalue weighted by molar-refractivity contribution is 0.00819. The van der Waals surface area contributed by atoms with Crippen molar-refractivity contribution in [3.8, 4) is 0 Å². The second-order valence-electron chi connectivity index (χ2n) is 8.02. The van der Waals surface area contributed by atoms with Crippen molar-refractivity contribution in [1.82, 2.24) is 25.5 Å². The molecule has 0 atom stereocenters. The molecule has 0 spiro atoms. The standard InChI is InChI=1S/C18H23N5O2/c1-17(2,3)25-16(24)23-10-13(11-23)12-4-6-14(7-5-12)18(8-9-18)15-19-21-22-20-15/h4-7,13H,8-11H2,1-3H3,(H,19,20,21,22). The molecule has 1 saturated heterocycles. The number of tetrazole rings is 1. The first kappa shape index (κ1) is 16.1. The first-order valence-electron chi connectivity index (χ1n) is 8.70. The van der Waals surface area contributed by atoms with Gasteiger partial charge >= 0.3 is 6.09 Å². The zero-order chi connectivity index (χ0) is 17.7. The van der Waals surface area contributed by atoms with Crippen LogP contribution in [-0.4, -0.2) is 50.3 Å². The van der Waals surface area contributed by atoms with Crippen LogP contribution in [0.25, 0.3) is 0 Å². The SMILES string of the molecule is CC(C)(C)OC(=O)N1CC(c2ccc(C3(c4nn[nH]n4)CC3)cc2)C1. The van der Waals surface area contributed by atoms with Gasteiger partial charge in [-0.25, -0.2) is 4.79 Å². The van der Waals surface area contributed by atoms with Crippen molar-refractivity contribution >= 4 is 6.09 Å². The molecule has 2 aliphatic rings. The third-order valence-corrected chi connectivity index (χ3v) is 4.99. The maximum atomic E-state index is 12.0. The van der Waals surface area contributed by atoms with Gasteiger partial charge in [0.25, 0.3) is 0 Å². The lowest BCUT2D eigenvalue weighted by Crippen LogP contribution is -2.50. The summed E-state index contributed by atoms with van der Waals surface area (Å²) in [6.45, 7) is 7.09. The Bertz CT molecular complexity index is 754. The van der Waals surface area contributed by atoms with E-state index in [-0.39, 0.29) is 11.5 Å². The van der Waals surface area contributed by atoms with Crippen LogP contribution in [0.5, 0.6) is 0 Å². The molecule has 7 heteroatoms. The average molecular weight is 341 g/mol. The van der Waals surface area contributed by atoms with Gasteiger partial charge < -0.3 is 9.64 Å². The highest BCUT2D eigenvalue weighted by atomic mass is 16.6. The molecule has 0 radical (unpaired) electrons. The fourth-order valence-electron chi connectivity index (χ4n) is 3.37. The monoisotopic (exact) mass is 341 g/mol. The van der Waals surface area contributed by atoms with E-state index < -0.39 is 5.60 Å². The Labute approximate surface area is 146 Å². The van der Waals surface area contributed by atoms with Crippen molar-refractivity contribution in [2.45, 2.75) is 50.5 Å². The minimum atomic E-state index is -0.447. The van der Waals surface area contributed by atoms with Crippen LogP contribution in [0.2, 0.25) is 0 Å². The minimum absolute atomic E-state index is 0.0618. The molecule has 2 fully saturated rings. The van der Waals surface area contributed by atoms with Gasteiger partial charge in [0, 0.05) is 19.0 Å². The van der Waals surface area contributed by atoms with E-state index in [1.165, 1.54) is 11.1 Å². The van der Waals surface area contributed by atoms with Crippen LogP contribution in [-0.2, 0) is 10.2 Å². The number of carbonyl (C=O) groups excluding carboxylic acids is 1. The van der Waals surface area contributed by atoms with Crippen LogP contribution in [0.3, 0.4) is 0 Å². The summed E-state index contributed by atoms with van der Waals surface area (Å²) in [4.78, 5) is 13.8. The molecule has 7 nitrogen and oxygen atoms in total. The number of nitrogens with one attached hydrogen (secondary N) is 1. The zero-order valence-corrected chi connectivity index (χ0v) is 14.8. The number of hydrogen-bond donors (Lipinski definition) is 1. The summed E-state index contributed by atoms with van der Waals surface area (Å²) in [7, 11) is 0. The number of aromatic amines is 1. The number of carbonyl (C=O) groups is 1. The van der Waals surface area contributed by atoms with Gasteiger partial charge in [-0.15, -0.1) is 10.2 Å². The summed E-state index contributed by atoms with van der Waals surface area (Å²) in [5.74, 6) is 1.15. The van der Waals surface area contributed by atoms with Gasteiger partial charge in [-0.1, -0.05) is 29.5 Å². The second-order valence-corrected chi connectivity index (χ2v) is 8.02. The molecule has 1 aromatic heterocycles. The first-order chi connectivity index (χ1) is 11.9. The van der Waals surface area contributed by atoms with E-state index in [4.69, 9.17) is 4.74 Å². The van der Waals surface area contributed by atoms with Gasteiger partial charge in [-0.2, -0.15) is 5.21 Å². The minimum Gasteiger partial charge on any atom is -0.444 e. The lowest BCUT2D eigenvalue weighted by Gasteiger charge is -2.40. The number of hydrogen-bond acceptors (Lipinski definition) is 5. The number of nitrogens with zero attached hydrogens (tertiary/aromatic N) is 4. The van der Waals surface area contributed by atoms with Crippen LogP contribution in [0.1, 0.15) is 56.5 Å². The molecule has 2 heterocycles. The van der Waals surface area contributed by atoms with Crippen LogP contribution >= 0.6 is 0 Å². The largest absolute Gasteiger partial charge is 0.444 e. The van der Waals surface area contributed by atoms with E-state index in [9.17, 15) is 4.79 Å². The van der Waals surface area contributed by atoms with Gasteiger partial charge in [0.1, 0.15) is 5.60 Å². The van der Waals surface area contributed by atoms with Crippen LogP contribution < -0.4 is 0 Å². The average Bonchev–Trinajstić information content (AvgIpc) is 3.11. The van der Waals surface area contributed by atoms with Gasteiger partial charge in [0.2, 0.25) is 0 Å². The lowest BCUT2D eigenvalue weighted by atomic mass is 9.88. The predicted octanol–water partition coefficient (Wildman–Crippen LogP) is 2.61. The molecule has 1 aliphatic heterocycles. The summed E-state index contributed by atoms with van der Waals surface area (Å²) in [5, 5.41) is 14.6. The number of H-pyrrole nitrogens is 1. The smallest absolute Gasteiger partial charge is 0.410 e. The Morgan fingerprint density at radius 3 is 2.44 bits per heavy atom. The number of rotatable bonds is 3. The summed E-state index contributed by atoms with van der Waals surface area (Å²) < 4.78 is 5.40. The predicted molar refractivity (Wildman–Crippen MR) is 91.2 cm³/mol. The van der Waals surface area contributed by atoms with Crippen molar-refractivity contribution in [2.75, 3.05) is 13.1 Å². The topological polar surface area (TPSA) is 84.0 Å². The molecule has 1 amide bonds. The quantitative estimate of drug-likeness (QED) is 0.928. The maximum absolute atomic E-state index is 12.0. The number of amides is 1. The van der Waals surface area contributed by atoms with E-state index in [2.05, 4.69) is 44.9 Å². The summed E-state index contributed by atoms with van der Waals surface area (Å²) in [6, 6.07) is 8.64. The third kappa shape index (κ3) is 2.99. The van der Waals surface area contributed by atoms with Crippen LogP contribution in [0, 0.1) is 0 Å². The van der Waals surface area contributed by atoms with Gasteiger partial charge in [-0.3, -0.25) is 0 Å². The van der Waals surface area contributed by atoms with Crippen LogP contribution in [0.4, 0.5) is 4.79 Å². The molecule has 0 bridgehead atoms. The summed E-state index contributed by atoms with van der Waals surface area (Å²) in [6.07, 6.45) is 1.89. The van der Waals surface area contributed by atoms with Gasteiger partial charge in [-0.05, 0) is 44.7 Å². The van der Waals surface area contributed by atoms with Crippen molar-refractivity contribution in [2.24, 2.45) is 0 Å². The Morgan fingerprint density at radius 2 is 1.92 bits per heavy atom. The van der Waals surface area contributed by atoms with Crippen molar-refractivity contribution < 1.29 is 9.53 Å². The molecule has 1 saturated carbocycles.